The summed E-state index contributed by atoms with van der Waals surface area (Å²) in [4.78, 5) is 25.0. The van der Waals surface area contributed by atoms with Crippen molar-refractivity contribution in [2.75, 3.05) is 25.1 Å². The quantitative estimate of drug-likeness (QED) is 0.478. The van der Waals surface area contributed by atoms with Gasteiger partial charge in [0.2, 0.25) is 0 Å². The molecule has 0 atom stereocenters. The maximum absolute atomic E-state index is 13.0. The Labute approximate surface area is 190 Å². The fourth-order valence-electron chi connectivity index (χ4n) is 2.80. The van der Waals surface area contributed by atoms with E-state index in [4.69, 9.17) is 9.47 Å². The summed E-state index contributed by atoms with van der Waals surface area (Å²) in [5.41, 5.74) is 0.516. The molecule has 1 amide bonds. The number of benzene rings is 2. The van der Waals surface area contributed by atoms with Gasteiger partial charge < -0.3 is 14.8 Å². The Kier molecular flexibility index (Phi) is 7.49. The molecule has 3 rings (SSSR count). The van der Waals surface area contributed by atoms with Gasteiger partial charge in [-0.25, -0.2) is 13.2 Å². The van der Waals surface area contributed by atoms with Gasteiger partial charge in [-0.1, -0.05) is 18.2 Å². The zero-order chi connectivity index (χ0) is 23.1. The normalized spacial score (nSPS) is 10.9. The number of ether oxygens (including phenoxy) is 2. The van der Waals surface area contributed by atoms with Crippen LogP contribution in [0.1, 0.15) is 15.2 Å². The van der Waals surface area contributed by atoms with Gasteiger partial charge in [-0.15, -0.1) is 11.3 Å². The Morgan fingerprint density at radius 3 is 2.41 bits per heavy atom. The highest BCUT2D eigenvalue weighted by atomic mass is 32.2. The van der Waals surface area contributed by atoms with Crippen molar-refractivity contribution in [2.45, 2.75) is 11.4 Å². The van der Waals surface area contributed by atoms with E-state index in [2.05, 4.69) is 5.32 Å². The maximum Gasteiger partial charge on any atom is 0.338 e. The number of carbonyl (C=O) groups is 2. The van der Waals surface area contributed by atoms with E-state index >= 15 is 0 Å². The number of nitrogens with zero attached hydrogens (tertiary/aromatic N) is 1. The molecule has 0 aliphatic carbocycles. The minimum Gasteiger partial charge on any atom is -0.495 e. The Hall–Kier alpha value is -3.37. The van der Waals surface area contributed by atoms with Gasteiger partial charge in [-0.2, -0.15) is 0 Å². The number of nitrogens with one attached hydrogen (secondary N) is 1. The van der Waals surface area contributed by atoms with Crippen molar-refractivity contribution in [3.8, 4) is 5.75 Å². The second kappa shape index (κ2) is 10.3. The summed E-state index contributed by atoms with van der Waals surface area (Å²) < 4.78 is 37.3. The number of para-hydroxylation sites is 2. The fraction of sp³-hybridized carbons (Fsp3) is 0.182. The Balaban J connectivity index is 1.62. The first kappa shape index (κ1) is 23.3. The standard InChI is InChI=1S/C22H22N2O6S2/c1-24(19-7-3-4-8-20(19)29-2)32(27,28)18-11-9-16(10-12-18)22(26)30-15-21(25)23-14-17-6-5-13-31-17/h3-13H,14-15H2,1-2H3,(H,23,25). The lowest BCUT2D eigenvalue weighted by Crippen LogP contribution is -2.28. The average molecular weight is 475 g/mol. The highest BCUT2D eigenvalue weighted by Crippen LogP contribution is 2.30. The first-order valence-corrected chi connectivity index (χ1v) is 11.8. The third kappa shape index (κ3) is 5.45. The van der Waals surface area contributed by atoms with E-state index in [0.29, 0.717) is 18.0 Å². The van der Waals surface area contributed by atoms with Crippen LogP contribution in [0.4, 0.5) is 5.69 Å². The van der Waals surface area contributed by atoms with E-state index in [1.807, 2.05) is 17.5 Å². The second-order valence-electron chi connectivity index (χ2n) is 6.60. The number of hydrogen-bond acceptors (Lipinski definition) is 7. The van der Waals surface area contributed by atoms with E-state index in [1.165, 1.54) is 49.8 Å². The molecule has 1 N–H and O–H groups in total. The Morgan fingerprint density at radius 2 is 1.75 bits per heavy atom. The second-order valence-corrected chi connectivity index (χ2v) is 9.60. The summed E-state index contributed by atoms with van der Waals surface area (Å²) in [6.07, 6.45) is 0. The van der Waals surface area contributed by atoms with Crippen molar-refractivity contribution >= 4 is 38.9 Å². The molecule has 1 heterocycles. The molecule has 10 heteroatoms. The molecule has 1 aromatic heterocycles. The van der Waals surface area contributed by atoms with Crippen LogP contribution in [-0.2, 0) is 26.1 Å². The van der Waals surface area contributed by atoms with Gasteiger partial charge in [0.1, 0.15) is 5.75 Å². The number of hydrogen-bond donors (Lipinski definition) is 1. The molecule has 0 spiro atoms. The Morgan fingerprint density at radius 1 is 1.03 bits per heavy atom. The number of thiophene rings is 1. The molecule has 0 saturated heterocycles. The Bertz CT molecular complexity index is 1180. The number of esters is 1. The topological polar surface area (TPSA) is 102 Å². The summed E-state index contributed by atoms with van der Waals surface area (Å²) >= 11 is 1.51. The number of amides is 1. The molecule has 0 unspecified atom stereocenters. The minimum absolute atomic E-state index is 0.00357. The largest absolute Gasteiger partial charge is 0.495 e. The van der Waals surface area contributed by atoms with Crippen LogP contribution in [0.2, 0.25) is 0 Å². The summed E-state index contributed by atoms with van der Waals surface area (Å²) in [7, 11) is -1.00. The van der Waals surface area contributed by atoms with Crippen LogP contribution in [0.15, 0.2) is 70.9 Å². The lowest BCUT2D eigenvalue weighted by atomic mass is 10.2. The van der Waals surface area contributed by atoms with Crippen LogP contribution in [0.3, 0.4) is 0 Å². The molecule has 0 fully saturated rings. The van der Waals surface area contributed by atoms with Gasteiger partial charge >= 0.3 is 5.97 Å². The van der Waals surface area contributed by atoms with Crippen molar-refractivity contribution in [1.82, 2.24) is 5.32 Å². The maximum atomic E-state index is 13.0. The molecule has 32 heavy (non-hydrogen) atoms. The van der Waals surface area contributed by atoms with Crippen molar-refractivity contribution in [2.24, 2.45) is 0 Å². The van der Waals surface area contributed by atoms with Crippen LogP contribution in [0.25, 0.3) is 0 Å². The number of methoxy groups -OCH3 is 1. The van der Waals surface area contributed by atoms with Crippen LogP contribution in [-0.4, -0.2) is 41.1 Å². The molecular formula is C22H22N2O6S2. The summed E-state index contributed by atoms with van der Waals surface area (Å²) in [6, 6.07) is 15.8. The zero-order valence-corrected chi connectivity index (χ0v) is 19.1. The molecular weight excluding hydrogens is 452 g/mol. The number of carbonyl (C=O) groups excluding carboxylic acids is 2. The predicted molar refractivity (Wildman–Crippen MR) is 121 cm³/mol. The highest BCUT2D eigenvalue weighted by Gasteiger charge is 2.24. The number of sulfonamides is 1. The molecule has 2 aromatic carbocycles. The molecule has 0 saturated carbocycles. The first-order valence-electron chi connectivity index (χ1n) is 9.51. The monoisotopic (exact) mass is 474 g/mol. The predicted octanol–water partition coefficient (Wildman–Crippen LogP) is 3.06. The van der Waals surface area contributed by atoms with Crippen LogP contribution < -0.4 is 14.4 Å². The molecule has 0 bridgehead atoms. The molecule has 0 aliphatic rings. The fourth-order valence-corrected chi connectivity index (χ4v) is 4.66. The van der Waals surface area contributed by atoms with Gasteiger partial charge in [0.25, 0.3) is 15.9 Å². The van der Waals surface area contributed by atoms with Gasteiger partial charge in [-0.3, -0.25) is 9.10 Å². The third-order valence-corrected chi connectivity index (χ3v) is 7.21. The van der Waals surface area contributed by atoms with Crippen molar-refractivity contribution < 1.29 is 27.5 Å². The summed E-state index contributed by atoms with van der Waals surface area (Å²) in [6.45, 7) is -0.0683. The van der Waals surface area contributed by atoms with Crippen molar-refractivity contribution in [1.29, 1.82) is 0 Å². The highest BCUT2D eigenvalue weighted by molar-refractivity contribution is 7.92. The van der Waals surface area contributed by atoms with Crippen molar-refractivity contribution in [3.05, 3.63) is 76.5 Å². The smallest absolute Gasteiger partial charge is 0.338 e. The summed E-state index contributed by atoms with van der Waals surface area (Å²) in [5, 5.41) is 4.56. The minimum atomic E-state index is -3.88. The average Bonchev–Trinajstić information content (AvgIpc) is 3.34. The third-order valence-electron chi connectivity index (χ3n) is 4.55. The molecule has 8 nitrogen and oxygen atoms in total. The number of anilines is 1. The van der Waals surface area contributed by atoms with Crippen LogP contribution in [0.5, 0.6) is 5.75 Å². The van der Waals surface area contributed by atoms with Gasteiger partial charge in [0, 0.05) is 11.9 Å². The van der Waals surface area contributed by atoms with E-state index in [-0.39, 0.29) is 10.5 Å². The van der Waals surface area contributed by atoms with Gasteiger partial charge in [0.05, 0.1) is 29.8 Å². The van der Waals surface area contributed by atoms with E-state index < -0.39 is 28.5 Å². The number of rotatable bonds is 9. The van der Waals surface area contributed by atoms with Gasteiger partial charge in [0.15, 0.2) is 6.61 Å². The molecule has 3 aromatic rings. The van der Waals surface area contributed by atoms with Crippen LogP contribution >= 0.6 is 11.3 Å². The zero-order valence-electron chi connectivity index (χ0n) is 17.5. The summed E-state index contributed by atoms with van der Waals surface area (Å²) in [5.74, 6) is -0.737. The van der Waals surface area contributed by atoms with E-state index in [9.17, 15) is 18.0 Å². The van der Waals surface area contributed by atoms with E-state index in [0.717, 1.165) is 9.18 Å². The van der Waals surface area contributed by atoms with E-state index in [1.54, 1.807) is 24.3 Å². The lowest BCUT2D eigenvalue weighted by molar-refractivity contribution is -0.124. The van der Waals surface area contributed by atoms with Gasteiger partial charge in [-0.05, 0) is 47.8 Å². The molecule has 0 radical (unpaired) electrons. The first-order chi connectivity index (χ1) is 15.3. The lowest BCUT2D eigenvalue weighted by Gasteiger charge is -2.21. The van der Waals surface area contributed by atoms with Crippen LogP contribution in [0, 0.1) is 0 Å². The molecule has 168 valence electrons. The van der Waals surface area contributed by atoms with Crippen molar-refractivity contribution in [3.63, 3.8) is 0 Å². The molecule has 0 aliphatic heterocycles. The SMILES string of the molecule is COc1ccccc1N(C)S(=O)(=O)c1ccc(C(=O)OCC(=O)NCc2cccs2)cc1.